The van der Waals surface area contributed by atoms with Gasteiger partial charge in [0.1, 0.15) is 0 Å². The minimum atomic E-state index is 0.713. The summed E-state index contributed by atoms with van der Waals surface area (Å²) < 4.78 is 0. The number of rotatable bonds is 7. The van der Waals surface area contributed by atoms with E-state index in [-0.39, 0.29) is 0 Å². The molecule has 20 heavy (non-hydrogen) atoms. The first-order valence-corrected chi connectivity index (χ1v) is 7.13. The Labute approximate surface area is 121 Å². The summed E-state index contributed by atoms with van der Waals surface area (Å²) in [7, 11) is 2.16. The molecule has 0 saturated heterocycles. The molecule has 0 atom stereocenters. The van der Waals surface area contributed by atoms with Crippen LogP contribution < -0.4 is 5.73 Å². The Kier molecular flexibility index (Phi) is 5.71. The van der Waals surface area contributed by atoms with Gasteiger partial charge in [-0.25, -0.2) is 0 Å². The third kappa shape index (κ3) is 4.76. The van der Waals surface area contributed by atoms with Crippen molar-refractivity contribution in [3.63, 3.8) is 0 Å². The molecule has 1 aromatic carbocycles. The average molecular weight is 269 g/mol. The van der Waals surface area contributed by atoms with Crippen LogP contribution in [0.15, 0.2) is 48.8 Å². The van der Waals surface area contributed by atoms with Crippen molar-refractivity contribution in [1.29, 1.82) is 0 Å². The first kappa shape index (κ1) is 14.7. The number of aromatic nitrogens is 1. The molecular weight excluding hydrogens is 246 g/mol. The number of hydrogen-bond acceptors (Lipinski definition) is 3. The Balaban J connectivity index is 1.80. The van der Waals surface area contributed by atoms with E-state index >= 15 is 0 Å². The fourth-order valence-corrected chi connectivity index (χ4v) is 2.24. The van der Waals surface area contributed by atoms with Crippen molar-refractivity contribution in [2.45, 2.75) is 19.4 Å². The summed E-state index contributed by atoms with van der Waals surface area (Å²) in [6.45, 7) is 2.74. The van der Waals surface area contributed by atoms with Crippen molar-refractivity contribution in [3.05, 3.63) is 65.5 Å². The molecule has 2 aromatic rings. The third-order valence-corrected chi connectivity index (χ3v) is 3.44. The zero-order valence-electron chi connectivity index (χ0n) is 12.1. The highest BCUT2D eigenvalue weighted by molar-refractivity contribution is 5.22. The van der Waals surface area contributed by atoms with Gasteiger partial charge in [-0.2, -0.15) is 0 Å². The van der Waals surface area contributed by atoms with Gasteiger partial charge in [-0.15, -0.1) is 0 Å². The molecule has 0 aliphatic rings. The van der Waals surface area contributed by atoms with E-state index in [9.17, 15) is 0 Å². The monoisotopic (exact) mass is 269 g/mol. The lowest BCUT2D eigenvalue weighted by atomic mass is 10.1. The maximum Gasteiger partial charge on any atom is 0.0270 e. The van der Waals surface area contributed by atoms with E-state index in [4.69, 9.17) is 5.73 Å². The summed E-state index contributed by atoms with van der Waals surface area (Å²) >= 11 is 0. The van der Waals surface area contributed by atoms with Crippen molar-refractivity contribution in [3.8, 4) is 0 Å². The number of nitrogens with zero attached hydrogens (tertiary/aromatic N) is 2. The molecular formula is C17H23N3. The van der Waals surface area contributed by atoms with E-state index in [1.165, 1.54) is 16.7 Å². The number of pyridine rings is 1. The fraction of sp³-hybridized carbons (Fsp3) is 0.353. The molecule has 0 amide bonds. The van der Waals surface area contributed by atoms with Gasteiger partial charge in [0.05, 0.1) is 0 Å². The Morgan fingerprint density at radius 3 is 2.15 bits per heavy atom. The van der Waals surface area contributed by atoms with Gasteiger partial charge in [0, 0.05) is 25.5 Å². The van der Waals surface area contributed by atoms with Crippen LogP contribution in [0.3, 0.4) is 0 Å². The summed E-state index contributed by atoms with van der Waals surface area (Å²) in [5, 5.41) is 0. The van der Waals surface area contributed by atoms with E-state index in [2.05, 4.69) is 53.3 Å². The van der Waals surface area contributed by atoms with Crippen LogP contribution in [0.2, 0.25) is 0 Å². The second kappa shape index (κ2) is 7.78. The van der Waals surface area contributed by atoms with E-state index in [0.717, 1.165) is 25.9 Å². The largest absolute Gasteiger partial charge is 0.330 e. The van der Waals surface area contributed by atoms with Crippen molar-refractivity contribution in [2.75, 3.05) is 20.1 Å². The smallest absolute Gasteiger partial charge is 0.0270 e. The van der Waals surface area contributed by atoms with Gasteiger partial charge in [0.2, 0.25) is 0 Å². The molecule has 0 saturated carbocycles. The zero-order chi connectivity index (χ0) is 14.2. The van der Waals surface area contributed by atoms with E-state index in [0.29, 0.717) is 6.54 Å². The molecule has 2 rings (SSSR count). The summed E-state index contributed by atoms with van der Waals surface area (Å²) in [4.78, 5) is 6.39. The Hall–Kier alpha value is -1.71. The molecule has 0 aliphatic heterocycles. The van der Waals surface area contributed by atoms with Crippen molar-refractivity contribution in [1.82, 2.24) is 9.88 Å². The normalized spacial score (nSPS) is 10.9. The highest BCUT2D eigenvalue weighted by Crippen LogP contribution is 2.08. The number of likely N-dealkylation sites (N-methyl/N-ethyl adjacent to an activating group) is 1. The van der Waals surface area contributed by atoms with E-state index in [1.807, 2.05) is 12.4 Å². The standard InChI is InChI=1S/C17H23N3/c1-20(13-9-16-7-11-19-12-8-16)14-17-4-2-15(3-5-17)6-10-18/h2-5,7-8,11-12H,6,9-10,13-14,18H2,1H3. The van der Waals surface area contributed by atoms with Gasteiger partial charge >= 0.3 is 0 Å². The SMILES string of the molecule is CN(CCc1ccncc1)Cc1ccc(CCN)cc1. The first-order chi connectivity index (χ1) is 9.78. The van der Waals surface area contributed by atoms with Gasteiger partial charge in [-0.3, -0.25) is 4.98 Å². The first-order valence-electron chi connectivity index (χ1n) is 7.13. The van der Waals surface area contributed by atoms with Crippen LogP contribution in [-0.2, 0) is 19.4 Å². The molecule has 3 nitrogen and oxygen atoms in total. The van der Waals surface area contributed by atoms with Gasteiger partial charge < -0.3 is 10.6 Å². The molecule has 0 fully saturated rings. The molecule has 3 heteroatoms. The van der Waals surface area contributed by atoms with Crippen LogP contribution in [0, 0.1) is 0 Å². The fourth-order valence-electron chi connectivity index (χ4n) is 2.24. The minimum Gasteiger partial charge on any atom is -0.330 e. The van der Waals surface area contributed by atoms with E-state index < -0.39 is 0 Å². The van der Waals surface area contributed by atoms with E-state index in [1.54, 1.807) is 0 Å². The minimum absolute atomic E-state index is 0.713. The summed E-state index contributed by atoms with van der Waals surface area (Å²) in [5.74, 6) is 0. The Morgan fingerprint density at radius 1 is 0.900 bits per heavy atom. The molecule has 0 spiro atoms. The van der Waals surface area contributed by atoms with Gasteiger partial charge in [-0.05, 0) is 55.3 Å². The highest BCUT2D eigenvalue weighted by Gasteiger charge is 2.01. The zero-order valence-corrected chi connectivity index (χ0v) is 12.1. The second-order valence-corrected chi connectivity index (χ2v) is 5.20. The molecule has 106 valence electrons. The number of nitrogens with two attached hydrogens (primary N) is 1. The van der Waals surface area contributed by atoms with Gasteiger partial charge in [0.25, 0.3) is 0 Å². The van der Waals surface area contributed by atoms with Gasteiger partial charge in [-0.1, -0.05) is 24.3 Å². The lowest BCUT2D eigenvalue weighted by Crippen LogP contribution is -2.20. The predicted octanol–water partition coefficient (Wildman–Crippen LogP) is 2.26. The second-order valence-electron chi connectivity index (χ2n) is 5.20. The lowest BCUT2D eigenvalue weighted by Gasteiger charge is -2.17. The predicted molar refractivity (Wildman–Crippen MR) is 83.5 cm³/mol. The Morgan fingerprint density at radius 2 is 1.50 bits per heavy atom. The highest BCUT2D eigenvalue weighted by atomic mass is 15.1. The number of hydrogen-bond donors (Lipinski definition) is 1. The summed E-state index contributed by atoms with van der Waals surface area (Å²) in [6.07, 6.45) is 5.72. The van der Waals surface area contributed by atoms with Crippen LogP contribution in [-0.4, -0.2) is 30.0 Å². The van der Waals surface area contributed by atoms with Crippen LogP contribution in [0.1, 0.15) is 16.7 Å². The van der Waals surface area contributed by atoms with Crippen LogP contribution in [0.25, 0.3) is 0 Å². The topological polar surface area (TPSA) is 42.2 Å². The Bertz CT molecular complexity index is 493. The molecule has 0 radical (unpaired) electrons. The van der Waals surface area contributed by atoms with Crippen molar-refractivity contribution in [2.24, 2.45) is 5.73 Å². The quantitative estimate of drug-likeness (QED) is 0.838. The van der Waals surface area contributed by atoms with Crippen LogP contribution >= 0.6 is 0 Å². The molecule has 1 aromatic heterocycles. The number of benzene rings is 1. The third-order valence-electron chi connectivity index (χ3n) is 3.44. The summed E-state index contributed by atoms with van der Waals surface area (Å²) in [5.41, 5.74) is 9.57. The molecule has 0 bridgehead atoms. The lowest BCUT2D eigenvalue weighted by molar-refractivity contribution is 0.331. The van der Waals surface area contributed by atoms with Crippen molar-refractivity contribution >= 4 is 0 Å². The molecule has 2 N–H and O–H groups in total. The average Bonchev–Trinajstić information content (AvgIpc) is 2.49. The molecule has 0 aliphatic carbocycles. The van der Waals surface area contributed by atoms with Crippen LogP contribution in [0.5, 0.6) is 0 Å². The molecule has 1 heterocycles. The van der Waals surface area contributed by atoms with Crippen molar-refractivity contribution < 1.29 is 0 Å². The maximum absolute atomic E-state index is 5.56. The molecule has 0 unspecified atom stereocenters. The maximum atomic E-state index is 5.56. The summed E-state index contributed by atoms with van der Waals surface area (Å²) in [6, 6.07) is 12.9. The van der Waals surface area contributed by atoms with Crippen LogP contribution in [0.4, 0.5) is 0 Å². The van der Waals surface area contributed by atoms with Gasteiger partial charge in [0.15, 0.2) is 0 Å².